The Hall–Kier alpha value is -2.74. The van der Waals surface area contributed by atoms with Gasteiger partial charge in [0.15, 0.2) is 5.58 Å². The van der Waals surface area contributed by atoms with Gasteiger partial charge >= 0.3 is 5.76 Å². The third-order valence-corrected chi connectivity index (χ3v) is 5.77. The normalized spacial score (nSPS) is 15.4. The van der Waals surface area contributed by atoms with E-state index >= 15 is 0 Å². The van der Waals surface area contributed by atoms with Gasteiger partial charge in [-0.1, -0.05) is 6.07 Å². The molecular formula is C18H18N2O5S. The fourth-order valence-corrected chi connectivity index (χ4v) is 4.20. The lowest BCUT2D eigenvalue weighted by Gasteiger charge is -2.14. The van der Waals surface area contributed by atoms with E-state index in [1.807, 2.05) is 6.07 Å². The first-order valence-corrected chi connectivity index (χ1v) is 9.90. The van der Waals surface area contributed by atoms with E-state index in [-0.39, 0.29) is 16.6 Å². The molecule has 1 aliphatic rings. The van der Waals surface area contributed by atoms with Gasteiger partial charge < -0.3 is 9.15 Å². The van der Waals surface area contributed by atoms with Crippen LogP contribution in [0.15, 0.2) is 56.6 Å². The fraction of sp³-hybridized carbons (Fsp3) is 0.278. The summed E-state index contributed by atoms with van der Waals surface area (Å²) >= 11 is 0. The predicted molar refractivity (Wildman–Crippen MR) is 97.0 cm³/mol. The van der Waals surface area contributed by atoms with E-state index in [9.17, 15) is 13.2 Å². The van der Waals surface area contributed by atoms with Gasteiger partial charge in [-0.25, -0.2) is 13.2 Å². The van der Waals surface area contributed by atoms with Crippen LogP contribution in [0.25, 0.3) is 11.1 Å². The highest BCUT2D eigenvalue weighted by Gasteiger charge is 2.18. The van der Waals surface area contributed by atoms with Crippen LogP contribution >= 0.6 is 0 Å². The maximum atomic E-state index is 12.6. The van der Waals surface area contributed by atoms with E-state index < -0.39 is 15.8 Å². The number of aromatic nitrogens is 1. The smallest absolute Gasteiger partial charge is 0.417 e. The van der Waals surface area contributed by atoms with Crippen molar-refractivity contribution in [3.8, 4) is 5.75 Å². The highest BCUT2D eigenvalue weighted by Crippen LogP contribution is 2.27. The number of aromatic amines is 1. The molecule has 0 amide bonds. The Morgan fingerprint density at radius 2 is 1.92 bits per heavy atom. The number of fused-ring (bicyclic) bond motifs is 1. The minimum Gasteiger partial charge on any atom is -0.490 e. The summed E-state index contributed by atoms with van der Waals surface area (Å²) < 4.78 is 38.6. The first-order valence-electron chi connectivity index (χ1n) is 8.42. The summed E-state index contributed by atoms with van der Waals surface area (Å²) in [6.07, 6.45) is 4.57. The van der Waals surface area contributed by atoms with Crippen LogP contribution in [0.4, 0.5) is 5.69 Å². The fourth-order valence-electron chi connectivity index (χ4n) is 3.14. The van der Waals surface area contributed by atoms with Gasteiger partial charge in [0.1, 0.15) is 5.75 Å². The molecule has 0 saturated heterocycles. The molecule has 3 aromatic rings. The Morgan fingerprint density at radius 1 is 1.12 bits per heavy atom. The van der Waals surface area contributed by atoms with E-state index in [0.717, 1.165) is 25.7 Å². The average Bonchev–Trinajstić information content (AvgIpc) is 3.22. The number of benzene rings is 2. The van der Waals surface area contributed by atoms with Gasteiger partial charge in [0.25, 0.3) is 10.0 Å². The number of ether oxygens (including phenoxy) is 1. The van der Waals surface area contributed by atoms with Crippen LogP contribution in [0.3, 0.4) is 0 Å². The van der Waals surface area contributed by atoms with Crippen LogP contribution in [-0.2, 0) is 10.0 Å². The minimum absolute atomic E-state index is 0.00913. The molecule has 2 aromatic carbocycles. The predicted octanol–water partition coefficient (Wildman–Crippen LogP) is 3.24. The maximum absolute atomic E-state index is 12.6. The molecule has 0 aliphatic heterocycles. The van der Waals surface area contributed by atoms with Crippen molar-refractivity contribution in [3.63, 3.8) is 0 Å². The van der Waals surface area contributed by atoms with Crippen LogP contribution in [0.1, 0.15) is 25.7 Å². The molecule has 0 unspecified atom stereocenters. The lowest BCUT2D eigenvalue weighted by Crippen LogP contribution is -2.14. The van der Waals surface area contributed by atoms with E-state index in [0.29, 0.717) is 17.0 Å². The number of hydrogen-bond donors (Lipinski definition) is 2. The van der Waals surface area contributed by atoms with E-state index in [2.05, 4.69) is 9.71 Å². The lowest BCUT2D eigenvalue weighted by molar-refractivity contribution is 0.210. The minimum atomic E-state index is -3.82. The largest absolute Gasteiger partial charge is 0.490 e. The molecule has 7 nitrogen and oxygen atoms in total. The van der Waals surface area contributed by atoms with Crippen molar-refractivity contribution in [3.05, 3.63) is 53.0 Å². The molecule has 136 valence electrons. The van der Waals surface area contributed by atoms with Crippen molar-refractivity contribution in [2.75, 3.05) is 4.72 Å². The number of sulfonamides is 1. The molecule has 2 N–H and O–H groups in total. The van der Waals surface area contributed by atoms with Crippen LogP contribution in [0.2, 0.25) is 0 Å². The highest BCUT2D eigenvalue weighted by molar-refractivity contribution is 7.92. The average molecular weight is 374 g/mol. The van der Waals surface area contributed by atoms with Gasteiger partial charge in [-0.3, -0.25) is 9.71 Å². The monoisotopic (exact) mass is 374 g/mol. The Bertz CT molecular complexity index is 1090. The van der Waals surface area contributed by atoms with E-state index in [1.165, 1.54) is 18.2 Å². The summed E-state index contributed by atoms with van der Waals surface area (Å²) in [5, 5.41) is 0. The summed E-state index contributed by atoms with van der Waals surface area (Å²) in [4.78, 5) is 13.7. The molecule has 1 saturated carbocycles. The van der Waals surface area contributed by atoms with Gasteiger partial charge in [0, 0.05) is 12.1 Å². The third kappa shape index (κ3) is 3.45. The Kier molecular flexibility index (Phi) is 4.20. The standard InChI is InChI=1S/C18H18N2O5S/c21-18-19-16-9-8-15(11-17(16)25-18)26(22,23)20-12-4-3-7-14(10-12)24-13-5-1-2-6-13/h3-4,7-11,13,20H,1-2,5-6H2,(H,19,21). The van der Waals surface area contributed by atoms with Crippen molar-refractivity contribution in [2.24, 2.45) is 0 Å². The molecule has 0 atom stereocenters. The molecule has 4 rings (SSSR count). The Labute approximate surface area is 150 Å². The van der Waals surface area contributed by atoms with Crippen molar-refractivity contribution < 1.29 is 17.6 Å². The number of rotatable bonds is 5. The summed E-state index contributed by atoms with van der Waals surface area (Å²) in [5.41, 5.74) is 1.05. The molecule has 26 heavy (non-hydrogen) atoms. The molecule has 0 radical (unpaired) electrons. The summed E-state index contributed by atoms with van der Waals surface area (Å²) in [5.74, 6) is 0.0171. The summed E-state index contributed by atoms with van der Waals surface area (Å²) in [7, 11) is -3.82. The van der Waals surface area contributed by atoms with Gasteiger partial charge in [-0.15, -0.1) is 0 Å². The first-order chi connectivity index (χ1) is 12.5. The van der Waals surface area contributed by atoms with Crippen LogP contribution in [-0.4, -0.2) is 19.5 Å². The quantitative estimate of drug-likeness (QED) is 0.714. The summed E-state index contributed by atoms with van der Waals surface area (Å²) in [6.45, 7) is 0. The molecule has 0 bridgehead atoms. The molecular weight excluding hydrogens is 356 g/mol. The Balaban J connectivity index is 1.57. The third-order valence-electron chi connectivity index (χ3n) is 4.39. The maximum Gasteiger partial charge on any atom is 0.417 e. The van der Waals surface area contributed by atoms with Crippen LogP contribution < -0.4 is 15.2 Å². The van der Waals surface area contributed by atoms with Gasteiger partial charge in [-0.2, -0.15) is 0 Å². The van der Waals surface area contributed by atoms with Crippen molar-refractivity contribution >= 4 is 26.8 Å². The molecule has 8 heteroatoms. The van der Waals surface area contributed by atoms with Gasteiger partial charge in [-0.05, 0) is 49.9 Å². The van der Waals surface area contributed by atoms with E-state index in [4.69, 9.17) is 9.15 Å². The number of hydrogen-bond acceptors (Lipinski definition) is 5. The molecule has 1 aromatic heterocycles. The SMILES string of the molecule is O=c1[nH]c2ccc(S(=O)(=O)Nc3cccc(OC4CCCC4)c3)cc2o1. The van der Waals surface area contributed by atoms with Crippen molar-refractivity contribution in [2.45, 2.75) is 36.7 Å². The van der Waals surface area contributed by atoms with E-state index in [1.54, 1.807) is 18.2 Å². The van der Waals surface area contributed by atoms with Gasteiger partial charge in [0.05, 0.1) is 22.2 Å². The van der Waals surface area contributed by atoms with Crippen molar-refractivity contribution in [1.82, 2.24) is 4.98 Å². The molecule has 1 fully saturated rings. The molecule has 1 aliphatic carbocycles. The Morgan fingerprint density at radius 3 is 2.73 bits per heavy atom. The first kappa shape index (κ1) is 16.7. The molecule has 0 spiro atoms. The van der Waals surface area contributed by atoms with Crippen LogP contribution in [0, 0.1) is 0 Å². The zero-order valence-corrected chi connectivity index (χ0v) is 14.7. The number of H-pyrrole nitrogens is 1. The van der Waals surface area contributed by atoms with Crippen LogP contribution in [0.5, 0.6) is 5.75 Å². The zero-order valence-electron chi connectivity index (χ0n) is 13.9. The van der Waals surface area contributed by atoms with Crippen molar-refractivity contribution in [1.29, 1.82) is 0 Å². The highest BCUT2D eigenvalue weighted by atomic mass is 32.2. The second kappa shape index (κ2) is 6.53. The topological polar surface area (TPSA) is 101 Å². The number of anilines is 1. The zero-order chi connectivity index (χ0) is 18.1. The van der Waals surface area contributed by atoms with Gasteiger partial charge in [0.2, 0.25) is 0 Å². The number of nitrogens with one attached hydrogen (secondary N) is 2. The lowest BCUT2D eigenvalue weighted by atomic mass is 10.3. The second-order valence-electron chi connectivity index (χ2n) is 6.33. The number of oxazole rings is 1. The summed E-state index contributed by atoms with van der Waals surface area (Å²) in [6, 6.07) is 11.1. The molecule has 1 heterocycles. The second-order valence-corrected chi connectivity index (χ2v) is 8.01.